The molecule has 1 nitrogen and oxygen atoms in total. The molecule has 0 amide bonds. The van der Waals surface area contributed by atoms with Crippen LogP contribution >= 0.6 is 31.9 Å². The molecule has 6 aromatic rings. The number of halogens is 2. The fourth-order valence-electron chi connectivity index (χ4n) is 5.12. The van der Waals surface area contributed by atoms with Crippen molar-refractivity contribution in [3.05, 3.63) is 129 Å². The standard InChI is InChI=1S/C32H20Br2O/c1-19-18-28-25-7-3-5-9-27(25)31(32(35)21-12-16-23(34)17-13-21)29(20-10-14-22(33)15-11-20)30(28)26-8-4-2-6-24(19)26/h2-18H,1H3. The molecule has 6 aromatic carbocycles. The van der Waals surface area contributed by atoms with Crippen LogP contribution in [0.25, 0.3) is 43.4 Å². The highest BCUT2D eigenvalue weighted by Crippen LogP contribution is 2.44. The second-order valence-electron chi connectivity index (χ2n) is 8.80. The van der Waals surface area contributed by atoms with Gasteiger partial charge in [0.2, 0.25) is 0 Å². The molecule has 0 saturated carbocycles. The Morgan fingerprint density at radius 3 is 1.80 bits per heavy atom. The highest BCUT2D eigenvalue weighted by Gasteiger charge is 2.24. The molecule has 0 aliphatic heterocycles. The van der Waals surface area contributed by atoms with Crippen LogP contribution in [-0.4, -0.2) is 5.78 Å². The van der Waals surface area contributed by atoms with Crippen molar-refractivity contribution in [1.82, 2.24) is 0 Å². The van der Waals surface area contributed by atoms with Crippen molar-refractivity contribution < 1.29 is 4.79 Å². The third-order valence-corrected chi connectivity index (χ3v) is 7.76. The van der Waals surface area contributed by atoms with Gasteiger partial charge in [0.05, 0.1) is 0 Å². The van der Waals surface area contributed by atoms with Gasteiger partial charge in [-0.25, -0.2) is 0 Å². The van der Waals surface area contributed by atoms with Gasteiger partial charge in [0, 0.05) is 25.6 Å². The minimum atomic E-state index is 0.0261. The van der Waals surface area contributed by atoms with Crippen LogP contribution in [0.15, 0.2) is 112 Å². The first-order valence-electron chi connectivity index (χ1n) is 11.5. The third kappa shape index (κ3) is 3.71. The topological polar surface area (TPSA) is 17.1 Å². The van der Waals surface area contributed by atoms with E-state index < -0.39 is 0 Å². The number of ketones is 1. The zero-order chi connectivity index (χ0) is 24.1. The number of benzene rings is 6. The quantitative estimate of drug-likeness (QED) is 0.151. The van der Waals surface area contributed by atoms with E-state index >= 15 is 0 Å². The van der Waals surface area contributed by atoms with Crippen LogP contribution in [0, 0.1) is 6.92 Å². The number of hydrogen-bond acceptors (Lipinski definition) is 1. The first-order chi connectivity index (χ1) is 17.0. The van der Waals surface area contributed by atoms with Crippen LogP contribution in [0.1, 0.15) is 21.5 Å². The lowest BCUT2D eigenvalue weighted by Gasteiger charge is -2.20. The van der Waals surface area contributed by atoms with E-state index in [-0.39, 0.29) is 5.78 Å². The fraction of sp³-hybridized carbons (Fsp3) is 0.0312. The largest absolute Gasteiger partial charge is 0.289 e. The van der Waals surface area contributed by atoms with E-state index in [9.17, 15) is 4.79 Å². The highest BCUT2D eigenvalue weighted by atomic mass is 79.9. The Labute approximate surface area is 220 Å². The van der Waals surface area contributed by atoms with Crippen LogP contribution in [0.4, 0.5) is 0 Å². The monoisotopic (exact) mass is 578 g/mol. The number of rotatable bonds is 3. The molecule has 0 aromatic heterocycles. The van der Waals surface area contributed by atoms with Crippen LogP contribution in [0.5, 0.6) is 0 Å². The van der Waals surface area contributed by atoms with E-state index in [0.717, 1.165) is 47.2 Å². The van der Waals surface area contributed by atoms with Gasteiger partial charge in [-0.15, -0.1) is 0 Å². The average Bonchev–Trinajstić information content (AvgIpc) is 2.89. The summed E-state index contributed by atoms with van der Waals surface area (Å²) in [4.78, 5) is 14.3. The van der Waals surface area contributed by atoms with Crippen LogP contribution in [0.3, 0.4) is 0 Å². The van der Waals surface area contributed by atoms with E-state index in [4.69, 9.17) is 0 Å². The van der Waals surface area contributed by atoms with Gasteiger partial charge in [0.1, 0.15) is 0 Å². The van der Waals surface area contributed by atoms with Crippen LogP contribution in [0.2, 0.25) is 0 Å². The maximum absolute atomic E-state index is 14.3. The molecule has 0 bridgehead atoms. The summed E-state index contributed by atoms with van der Waals surface area (Å²) < 4.78 is 1.96. The summed E-state index contributed by atoms with van der Waals surface area (Å²) in [6.07, 6.45) is 0. The Hall–Kier alpha value is -3.27. The van der Waals surface area contributed by atoms with E-state index in [0.29, 0.717) is 5.56 Å². The summed E-state index contributed by atoms with van der Waals surface area (Å²) in [5, 5.41) is 6.72. The van der Waals surface area contributed by atoms with Gasteiger partial charge in [-0.3, -0.25) is 4.79 Å². The van der Waals surface area contributed by atoms with Crippen molar-refractivity contribution in [2.75, 3.05) is 0 Å². The first kappa shape index (κ1) is 22.2. The van der Waals surface area contributed by atoms with Crippen molar-refractivity contribution in [2.45, 2.75) is 6.92 Å². The van der Waals surface area contributed by atoms with Gasteiger partial charge < -0.3 is 0 Å². The van der Waals surface area contributed by atoms with Gasteiger partial charge in [0.15, 0.2) is 5.78 Å². The summed E-state index contributed by atoms with van der Waals surface area (Å²) in [5.74, 6) is 0.0261. The molecule has 35 heavy (non-hydrogen) atoms. The molecule has 168 valence electrons. The lowest BCUT2D eigenvalue weighted by Crippen LogP contribution is -2.06. The summed E-state index contributed by atoms with van der Waals surface area (Å²) in [6.45, 7) is 2.16. The van der Waals surface area contributed by atoms with E-state index in [1.165, 1.54) is 16.3 Å². The normalized spacial score (nSPS) is 11.4. The van der Waals surface area contributed by atoms with Crippen LogP contribution < -0.4 is 0 Å². The van der Waals surface area contributed by atoms with E-state index in [2.05, 4.69) is 99.4 Å². The minimum absolute atomic E-state index is 0.0261. The molecule has 0 radical (unpaired) electrons. The predicted octanol–water partition coefficient (Wildman–Crippen LogP) is 9.88. The molecule has 0 saturated heterocycles. The molecule has 0 spiro atoms. The summed E-state index contributed by atoms with van der Waals surface area (Å²) in [7, 11) is 0. The Kier molecular flexibility index (Phi) is 5.55. The SMILES string of the molecule is Cc1cc2c3ccccc3c(C(=O)c3ccc(Br)cc3)c(-c3ccc(Br)cc3)c2c2ccccc12. The fourth-order valence-corrected chi connectivity index (χ4v) is 5.65. The van der Waals surface area contributed by atoms with E-state index in [1.807, 2.05) is 42.5 Å². The molecule has 0 unspecified atom stereocenters. The van der Waals surface area contributed by atoms with Crippen molar-refractivity contribution in [2.24, 2.45) is 0 Å². The molecular weight excluding hydrogens is 560 g/mol. The Morgan fingerprint density at radius 2 is 1.14 bits per heavy atom. The molecule has 0 atom stereocenters. The predicted molar refractivity (Wildman–Crippen MR) is 154 cm³/mol. The second kappa shape index (κ2) is 8.75. The van der Waals surface area contributed by atoms with Gasteiger partial charge >= 0.3 is 0 Å². The molecular formula is C32H20Br2O. The molecule has 0 aliphatic rings. The zero-order valence-electron chi connectivity index (χ0n) is 19.0. The minimum Gasteiger partial charge on any atom is -0.289 e. The number of fused-ring (bicyclic) bond motifs is 5. The van der Waals surface area contributed by atoms with Gasteiger partial charge in [-0.05, 0) is 86.8 Å². The molecule has 0 aliphatic carbocycles. The molecule has 0 heterocycles. The van der Waals surface area contributed by atoms with E-state index in [1.54, 1.807) is 0 Å². The Bertz CT molecular complexity index is 1770. The molecule has 6 rings (SSSR count). The second-order valence-corrected chi connectivity index (χ2v) is 10.6. The Balaban J connectivity index is 1.87. The van der Waals surface area contributed by atoms with Crippen molar-refractivity contribution in [1.29, 1.82) is 0 Å². The Morgan fingerprint density at radius 1 is 0.600 bits per heavy atom. The average molecular weight is 580 g/mol. The maximum Gasteiger partial charge on any atom is 0.194 e. The van der Waals surface area contributed by atoms with Crippen LogP contribution in [-0.2, 0) is 0 Å². The number of carbonyl (C=O) groups excluding carboxylic acids is 1. The number of hydrogen-bond donors (Lipinski definition) is 0. The number of carbonyl (C=O) groups is 1. The summed E-state index contributed by atoms with van der Waals surface area (Å²) in [5.41, 5.74) is 4.65. The smallest absolute Gasteiger partial charge is 0.194 e. The van der Waals surface area contributed by atoms with Crippen molar-refractivity contribution >= 4 is 70.0 Å². The molecule has 3 heteroatoms. The lowest BCUT2D eigenvalue weighted by atomic mass is 9.82. The summed E-state index contributed by atoms with van der Waals surface area (Å²) in [6, 6.07) is 35.0. The molecule has 0 N–H and O–H groups in total. The number of aryl methyl sites for hydroxylation is 1. The lowest BCUT2D eigenvalue weighted by molar-refractivity contribution is 0.104. The van der Waals surface area contributed by atoms with Gasteiger partial charge in [-0.1, -0.05) is 98.6 Å². The molecule has 0 fully saturated rings. The van der Waals surface area contributed by atoms with Gasteiger partial charge in [-0.2, -0.15) is 0 Å². The third-order valence-electron chi connectivity index (χ3n) is 6.70. The summed E-state index contributed by atoms with van der Waals surface area (Å²) >= 11 is 7.08. The maximum atomic E-state index is 14.3. The highest BCUT2D eigenvalue weighted by molar-refractivity contribution is 9.10. The van der Waals surface area contributed by atoms with Crippen molar-refractivity contribution in [3.63, 3.8) is 0 Å². The zero-order valence-corrected chi connectivity index (χ0v) is 22.2. The van der Waals surface area contributed by atoms with Crippen molar-refractivity contribution in [3.8, 4) is 11.1 Å². The first-order valence-corrected chi connectivity index (χ1v) is 13.0. The van der Waals surface area contributed by atoms with Gasteiger partial charge in [0.25, 0.3) is 0 Å².